The van der Waals surface area contributed by atoms with E-state index in [9.17, 15) is 14.7 Å². The highest BCUT2D eigenvalue weighted by Crippen LogP contribution is 2.44. The van der Waals surface area contributed by atoms with Crippen molar-refractivity contribution in [2.45, 2.75) is 31.2 Å². The molecular formula is C21H22N4O4. The molecule has 2 aromatic rings. The van der Waals surface area contributed by atoms with E-state index >= 15 is 0 Å². The van der Waals surface area contributed by atoms with Gasteiger partial charge in [0.1, 0.15) is 12.6 Å². The second-order valence-electron chi connectivity index (χ2n) is 6.81. The zero-order valence-corrected chi connectivity index (χ0v) is 15.8. The van der Waals surface area contributed by atoms with Crippen LogP contribution in [0.3, 0.4) is 0 Å². The molecule has 0 heterocycles. The van der Waals surface area contributed by atoms with E-state index in [4.69, 9.17) is 10.3 Å². The third kappa shape index (κ3) is 4.86. The normalized spacial score (nSPS) is 13.0. The first-order valence-corrected chi connectivity index (χ1v) is 9.47. The van der Waals surface area contributed by atoms with E-state index in [2.05, 4.69) is 15.3 Å². The van der Waals surface area contributed by atoms with E-state index in [1.54, 1.807) is 0 Å². The van der Waals surface area contributed by atoms with Crippen LogP contribution in [-0.4, -0.2) is 36.4 Å². The molecule has 150 valence electrons. The van der Waals surface area contributed by atoms with Crippen molar-refractivity contribution < 1.29 is 19.4 Å². The number of carboxylic acids is 1. The van der Waals surface area contributed by atoms with Crippen molar-refractivity contribution in [3.8, 4) is 11.1 Å². The van der Waals surface area contributed by atoms with Crippen LogP contribution in [0.15, 0.2) is 53.6 Å². The molecule has 1 aliphatic rings. The lowest BCUT2D eigenvalue weighted by Gasteiger charge is -2.17. The molecule has 0 saturated carbocycles. The molecule has 0 aliphatic heterocycles. The minimum atomic E-state index is -1.12. The molecule has 0 saturated heterocycles. The van der Waals surface area contributed by atoms with Gasteiger partial charge in [-0.25, -0.2) is 9.59 Å². The summed E-state index contributed by atoms with van der Waals surface area (Å²) in [5.74, 6) is -1.21. The van der Waals surface area contributed by atoms with Crippen LogP contribution in [0.4, 0.5) is 4.79 Å². The molecule has 1 atom stereocenters. The minimum absolute atomic E-state index is 0.0831. The fourth-order valence-corrected chi connectivity index (χ4v) is 3.62. The first kappa shape index (κ1) is 20.2. The van der Waals surface area contributed by atoms with Crippen molar-refractivity contribution in [3.63, 3.8) is 0 Å². The van der Waals surface area contributed by atoms with Crippen molar-refractivity contribution >= 4 is 12.1 Å². The van der Waals surface area contributed by atoms with Crippen LogP contribution in [0.25, 0.3) is 21.6 Å². The topological polar surface area (TPSA) is 124 Å². The van der Waals surface area contributed by atoms with Crippen LogP contribution in [0, 0.1) is 0 Å². The number of alkyl carbamates (subject to hydrolysis) is 1. The number of aliphatic carboxylic acids is 1. The summed E-state index contributed by atoms with van der Waals surface area (Å²) in [7, 11) is 0. The monoisotopic (exact) mass is 394 g/mol. The highest BCUT2D eigenvalue weighted by Gasteiger charge is 2.29. The smallest absolute Gasteiger partial charge is 0.407 e. The van der Waals surface area contributed by atoms with E-state index in [0.29, 0.717) is 19.4 Å². The highest BCUT2D eigenvalue weighted by atomic mass is 16.5. The van der Waals surface area contributed by atoms with Gasteiger partial charge in [-0.1, -0.05) is 60.1 Å². The Kier molecular flexibility index (Phi) is 6.71. The summed E-state index contributed by atoms with van der Waals surface area (Å²) in [6, 6.07) is 14.9. The highest BCUT2D eigenvalue weighted by molar-refractivity contribution is 5.81. The predicted octanol–water partition coefficient (Wildman–Crippen LogP) is 4.46. The summed E-state index contributed by atoms with van der Waals surface area (Å²) in [6.45, 7) is 0.427. The average molecular weight is 394 g/mol. The molecular weight excluding hydrogens is 372 g/mol. The maximum Gasteiger partial charge on any atom is 0.407 e. The molecule has 3 rings (SSSR count). The number of nitrogens with zero attached hydrogens (tertiary/aromatic N) is 3. The van der Waals surface area contributed by atoms with Gasteiger partial charge in [0.05, 0.1) is 0 Å². The maximum absolute atomic E-state index is 12.2. The van der Waals surface area contributed by atoms with Gasteiger partial charge in [-0.05, 0) is 40.6 Å². The molecule has 1 aliphatic carbocycles. The number of nitrogens with one attached hydrogen (secondary N) is 1. The molecule has 0 spiro atoms. The summed E-state index contributed by atoms with van der Waals surface area (Å²) in [4.78, 5) is 26.2. The van der Waals surface area contributed by atoms with E-state index in [-0.39, 0.29) is 18.9 Å². The van der Waals surface area contributed by atoms with Crippen molar-refractivity contribution in [1.82, 2.24) is 5.32 Å². The lowest BCUT2D eigenvalue weighted by atomic mass is 9.98. The second-order valence-corrected chi connectivity index (χ2v) is 6.81. The first-order valence-electron chi connectivity index (χ1n) is 9.47. The molecule has 0 aromatic heterocycles. The van der Waals surface area contributed by atoms with Crippen LogP contribution < -0.4 is 5.32 Å². The molecule has 0 fully saturated rings. The number of unbranched alkanes of at least 4 members (excludes halogenated alkanes) is 1. The number of azide groups is 1. The summed E-state index contributed by atoms with van der Waals surface area (Å²) >= 11 is 0. The molecule has 2 aromatic carbocycles. The standard InChI is InChI=1S/C21H22N4O4/c22-25-23-12-6-5-11-19(20(26)27)24-21(28)29-13-18-16-9-3-1-7-14(16)15-8-2-4-10-17(15)18/h1-4,7-10,18-19H,5-6,11-13H2,(H,24,28)(H,26,27)/t19-/m1/s1. The molecule has 29 heavy (non-hydrogen) atoms. The van der Waals surface area contributed by atoms with Crippen molar-refractivity contribution in [2.24, 2.45) is 5.11 Å². The van der Waals surface area contributed by atoms with Gasteiger partial charge in [0, 0.05) is 17.4 Å². The second kappa shape index (κ2) is 9.61. The van der Waals surface area contributed by atoms with Crippen molar-refractivity contribution in [1.29, 1.82) is 0 Å². The average Bonchev–Trinajstić information content (AvgIpc) is 3.05. The van der Waals surface area contributed by atoms with Gasteiger partial charge in [0.15, 0.2) is 0 Å². The number of rotatable bonds is 9. The number of hydrogen-bond acceptors (Lipinski definition) is 4. The Morgan fingerprint density at radius 2 is 1.72 bits per heavy atom. The SMILES string of the molecule is [N-]=[N+]=NCCCC[C@@H](NC(=O)OCC1c2ccccc2-c2ccccc21)C(=O)O. The number of amides is 1. The quantitative estimate of drug-likeness (QED) is 0.282. The number of ether oxygens (including phenoxy) is 1. The Morgan fingerprint density at radius 3 is 2.31 bits per heavy atom. The molecule has 8 nitrogen and oxygen atoms in total. The Bertz CT molecular complexity index is 894. The molecule has 2 N–H and O–H groups in total. The van der Waals surface area contributed by atoms with Gasteiger partial charge in [0.25, 0.3) is 0 Å². The lowest BCUT2D eigenvalue weighted by molar-refractivity contribution is -0.139. The third-order valence-corrected chi connectivity index (χ3v) is 5.00. The first-order chi connectivity index (χ1) is 14.1. The van der Waals surface area contributed by atoms with Crippen LogP contribution in [0.5, 0.6) is 0 Å². The van der Waals surface area contributed by atoms with Gasteiger partial charge >= 0.3 is 12.1 Å². The fourth-order valence-electron chi connectivity index (χ4n) is 3.62. The van der Waals surface area contributed by atoms with Crippen LogP contribution in [0.1, 0.15) is 36.3 Å². The third-order valence-electron chi connectivity index (χ3n) is 5.00. The minimum Gasteiger partial charge on any atom is -0.480 e. The molecule has 0 radical (unpaired) electrons. The van der Waals surface area contributed by atoms with E-state index in [1.165, 1.54) is 0 Å². The number of fused-ring (bicyclic) bond motifs is 3. The van der Waals surface area contributed by atoms with Crippen LogP contribution in [0.2, 0.25) is 0 Å². The van der Waals surface area contributed by atoms with Gasteiger partial charge in [-0.3, -0.25) is 0 Å². The maximum atomic E-state index is 12.2. The van der Waals surface area contributed by atoms with Crippen molar-refractivity contribution in [2.75, 3.05) is 13.2 Å². The zero-order chi connectivity index (χ0) is 20.6. The summed E-state index contributed by atoms with van der Waals surface area (Å²) in [5.41, 5.74) is 12.7. The Morgan fingerprint density at radius 1 is 1.10 bits per heavy atom. The molecule has 1 amide bonds. The van der Waals surface area contributed by atoms with Gasteiger partial charge < -0.3 is 15.2 Å². The van der Waals surface area contributed by atoms with E-state index < -0.39 is 18.1 Å². The summed E-state index contributed by atoms with van der Waals surface area (Å²) < 4.78 is 5.39. The fraction of sp³-hybridized carbons (Fsp3) is 0.333. The Labute approximate surface area is 168 Å². The van der Waals surface area contributed by atoms with Crippen LogP contribution >= 0.6 is 0 Å². The van der Waals surface area contributed by atoms with Crippen LogP contribution in [-0.2, 0) is 9.53 Å². The number of hydrogen-bond donors (Lipinski definition) is 2. The van der Waals surface area contributed by atoms with E-state index in [0.717, 1.165) is 22.3 Å². The lowest BCUT2D eigenvalue weighted by Crippen LogP contribution is -2.41. The van der Waals surface area contributed by atoms with Crippen molar-refractivity contribution in [3.05, 3.63) is 70.1 Å². The largest absolute Gasteiger partial charge is 0.480 e. The Balaban J connectivity index is 1.58. The van der Waals surface area contributed by atoms with Gasteiger partial charge in [-0.15, -0.1) is 0 Å². The number of benzene rings is 2. The molecule has 0 bridgehead atoms. The van der Waals surface area contributed by atoms with Gasteiger partial charge in [-0.2, -0.15) is 0 Å². The number of carboxylic acid groups (broad SMARTS) is 1. The number of carbonyl (C=O) groups is 2. The summed E-state index contributed by atoms with van der Waals surface area (Å²) in [5, 5.41) is 15.1. The molecule has 0 unspecified atom stereocenters. The van der Waals surface area contributed by atoms with Gasteiger partial charge in [0.2, 0.25) is 0 Å². The predicted molar refractivity (Wildman–Crippen MR) is 107 cm³/mol. The zero-order valence-electron chi connectivity index (χ0n) is 15.8. The molecule has 8 heteroatoms. The number of carbonyl (C=O) groups excluding carboxylic acids is 1. The Hall–Kier alpha value is -3.51. The summed E-state index contributed by atoms with van der Waals surface area (Å²) in [6.07, 6.45) is 0.551. The van der Waals surface area contributed by atoms with E-state index in [1.807, 2.05) is 48.5 Å².